The predicted octanol–water partition coefficient (Wildman–Crippen LogP) is 2.13. The molecule has 0 atom stereocenters. The summed E-state index contributed by atoms with van der Waals surface area (Å²) in [6.07, 6.45) is 5.74. The molecule has 0 aromatic carbocycles. The van der Waals surface area contributed by atoms with Crippen LogP contribution < -0.4 is 5.56 Å². The van der Waals surface area contributed by atoms with Crippen LogP contribution in [0.2, 0.25) is 0 Å². The third-order valence-electron chi connectivity index (χ3n) is 2.86. The Balaban J connectivity index is 2.32. The molecule has 2 rings (SSSR count). The lowest BCUT2D eigenvalue weighted by Gasteiger charge is -2.20. The molecule has 1 aromatic heterocycles. The molecule has 1 fully saturated rings. The molecule has 1 aliphatic rings. The first-order valence-corrected chi connectivity index (χ1v) is 6.25. The summed E-state index contributed by atoms with van der Waals surface area (Å²) in [5.74, 6) is 0.826. The van der Waals surface area contributed by atoms with E-state index < -0.39 is 0 Å². The number of halogens is 1. The van der Waals surface area contributed by atoms with Crippen LogP contribution in [-0.2, 0) is 0 Å². The van der Waals surface area contributed by atoms with Gasteiger partial charge in [-0.1, -0.05) is 19.3 Å². The molecule has 15 heavy (non-hydrogen) atoms. The van der Waals surface area contributed by atoms with Crippen LogP contribution in [0.15, 0.2) is 4.79 Å². The molecule has 0 bridgehead atoms. The number of nitrogens with one attached hydrogen (secondary N) is 1. The molecule has 0 amide bonds. The second kappa shape index (κ2) is 4.51. The van der Waals surface area contributed by atoms with Crippen molar-refractivity contribution in [3.05, 3.63) is 19.7 Å². The van der Waals surface area contributed by atoms with Crippen molar-refractivity contribution in [3.8, 4) is 5.88 Å². The monoisotopic (exact) mass is 320 g/mol. The molecular formula is C10H13IN2O2. The highest BCUT2D eigenvalue weighted by Crippen LogP contribution is 2.30. The van der Waals surface area contributed by atoms with E-state index in [1.165, 1.54) is 19.3 Å². The van der Waals surface area contributed by atoms with Gasteiger partial charge in [0.2, 0.25) is 5.88 Å². The zero-order valence-electron chi connectivity index (χ0n) is 8.29. The van der Waals surface area contributed by atoms with E-state index in [9.17, 15) is 9.90 Å². The minimum Gasteiger partial charge on any atom is -0.492 e. The average Bonchev–Trinajstić information content (AvgIpc) is 2.26. The lowest BCUT2D eigenvalue weighted by atomic mass is 9.89. The molecule has 1 aliphatic carbocycles. The standard InChI is InChI=1S/C10H13IN2O2/c11-7-9(14)12-8(13-10(7)15)6-4-2-1-3-5-6/h6H,1-5H2,(H2,12,13,14,15). The number of nitrogens with zero attached hydrogens (tertiary/aromatic N) is 1. The minimum absolute atomic E-state index is 0.139. The van der Waals surface area contributed by atoms with Crippen LogP contribution in [0.5, 0.6) is 5.88 Å². The number of aromatic amines is 1. The van der Waals surface area contributed by atoms with E-state index in [4.69, 9.17) is 0 Å². The fraction of sp³-hybridized carbons (Fsp3) is 0.600. The van der Waals surface area contributed by atoms with Gasteiger partial charge in [0, 0.05) is 5.92 Å². The van der Waals surface area contributed by atoms with Crippen molar-refractivity contribution in [1.82, 2.24) is 9.97 Å². The second-order valence-electron chi connectivity index (χ2n) is 3.92. The summed E-state index contributed by atoms with van der Waals surface area (Å²) in [5, 5.41) is 9.47. The lowest BCUT2D eigenvalue weighted by molar-refractivity contribution is 0.407. The molecule has 0 aliphatic heterocycles. The van der Waals surface area contributed by atoms with Crippen LogP contribution in [0.4, 0.5) is 0 Å². The zero-order valence-corrected chi connectivity index (χ0v) is 10.5. The molecule has 1 saturated carbocycles. The SMILES string of the molecule is O=c1[nH]c(C2CCCCC2)nc(O)c1I. The topological polar surface area (TPSA) is 66.0 Å². The van der Waals surface area contributed by atoms with Gasteiger partial charge in [-0.05, 0) is 35.4 Å². The van der Waals surface area contributed by atoms with Gasteiger partial charge in [-0.2, -0.15) is 4.98 Å². The fourth-order valence-electron chi connectivity index (χ4n) is 2.03. The first kappa shape index (κ1) is 10.9. The summed E-state index contributed by atoms with van der Waals surface area (Å²) in [6.45, 7) is 0. The highest BCUT2D eigenvalue weighted by Gasteiger charge is 2.19. The highest BCUT2D eigenvalue weighted by atomic mass is 127. The zero-order chi connectivity index (χ0) is 10.8. The van der Waals surface area contributed by atoms with Crippen molar-refractivity contribution in [2.75, 3.05) is 0 Å². The average molecular weight is 320 g/mol. The quantitative estimate of drug-likeness (QED) is 0.779. The van der Waals surface area contributed by atoms with Crippen molar-refractivity contribution in [2.45, 2.75) is 38.0 Å². The number of aromatic hydroxyl groups is 1. The second-order valence-corrected chi connectivity index (χ2v) is 5.00. The van der Waals surface area contributed by atoms with Crippen molar-refractivity contribution < 1.29 is 5.11 Å². The van der Waals surface area contributed by atoms with Gasteiger partial charge >= 0.3 is 0 Å². The first-order chi connectivity index (χ1) is 7.18. The van der Waals surface area contributed by atoms with Crippen LogP contribution in [0, 0.1) is 3.57 Å². The van der Waals surface area contributed by atoms with Gasteiger partial charge in [0.25, 0.3) is 5.56 Å². The van der Waals surface area contributed by atoms with Crippen LogP contribution >= 0.6 is 22.6 Å². The number of hydrogen-bond donors (Lipinski definition) is 2. The maximum absolute atomic E-state index is 11.4. The maximum atomic E-state index is 11.4. The number of H-pyrrole nitrogens is 1. The predicted molar refractivity (Wildman–Crippen MR) is 65.1 cm³/mol. The van der Waals surface area contributed by atoms with Crippen molar-refractivity contribution in [3.63, 3.8) is 0 Å². The molecule has 2 N–H and O–H groups in total. The van der Waals surface area contributed by atoms with Crippen LogP contribution in [0.1, 0.15) is 43.8 Å². The molecule has 0 radical (unpaired) electrons. The molecule has 0 spiro atoms. The molecule has 82 valence electrons. The fourth-order valence-corrected chi connectivity index (χ4v) is 2.29. The molecule has 0 unspecified atom stereocenters. The molecule has 5 heteroatoms. The third-order valence-corrected chi connectivity index (χ3v) is 3.83. The minimum atomic E-state index is -0.233. The molecular weight excluding hydrogens is 307 g/mol. The molecule has 1 heterocycles. The summed E-state index contributed by atoms with van der Waals surface area (Å²) < 4.78 is 0.271. The summed E-state index contributed by atoms with van der Waals surface area (Å²) in [4.78, 5) is 18.2. The largest absolute Gasteiger partial charge is 0.492 e. The van der Waals surface area contributed by atoms with Gasteiger partial charge in [0.1, 0.15) is 9.39 Å². The highest BCUT2D eigenvalue weighted by molar-refractivity contribution is 14.1. The molecule has 4 nitrogen and oxygen atoms in total. The van der Waals surface area contributed by atoms with Gasteiger partial charge in [0.05, 0.1) is 0 Å². The van der Waals surface area contributed by atoms with Crippen molar-refractivity contribution >= 4 is 22.6 Å². The van der Waals surface area contributed by atoms with Gasteiger partial charge in [0.15, 0.2) is 0 Å². The summed E-state index contributed by atoms with van der Waals surface area (Å²) in [6, 6.07) is 0. The number of rotatable bonds is 1. The van der Waals surface area contributed by atoms with Gasteiger partial charge in [-0.3, -0.25) is 4.79 Å². The van der Waals surface area contributed by atoms with E-state index in [1.54, 1.807) is 22.6 Å². The number of hydrogen-bond acceptors (Lipinski definition) is 3. The van der Waals surface area contributed by atoms with Crippen molar-refractivity contribution in [1.29, 1.82) is 0 Å². The normalized spacial score (nSPS) is 17.9. The van der Waals surface area contributed by atoms with Crippen LogP contribution in [-0.4, -0.2) is 15.1 Å². The summed E-state index contributed by atoms with van der Waals surface area (Å²) >= 11 is 1.80. The Morgan fingerprint density at radius 1 is 1.33 bits per heavy atom. The Morgan fingerprint density at radius 2 is 2.00 bits per heavy atom. The van der Waals surface area contributed by atoms with E-state index in [1.807, 2.05) is 0 Å². The van der Waals surface area contributed by atoms with Gasteiger partial charge in [-0.15, -0.1) is 0 Å². The van der Waals surface area contributed by atoms with Gasteiger partial charge in [-0.25, -0.2) is 0 Å². The molecule has 0 saturated heterocycles. The Kier molecular flexibility index (Phi) is 3.28. The summed E-state index contributed by atoms with van der Waals surface area (Å²) in [7, 11) is 0. The lowest BCUT2D eigenvalue weighted by Crippen LogP contribution is -2.18. The Labute approximate surface area is 101 Å². The Morgan fingerprint density at radius 3 is 2.60 bits per heavy atom. The van der Waals surface area contributed by atoms with Gasteiger partial charge < -0.3 is 10.1 Å². The van der Waals surface area contributed by atoms with Crippen molar-refractivity contribution in [2.24, 2.45) is 0 Å². The third kappa shape index (κ3) is 2.32. The Bertz CT molecular complexity index is 410. The first-order valence-electron chi connectivity index (χ1n) is 5.17. The molecule has 1 aromatic rings. The smallest absolute Gasteiger partial charge is 0.268 e. The summed E-state index contributed by atoms with van der Waals surface area (Å²) in [5.41, 5.74) is -0.233. The van der Waals surface area contributed by atoms with Crippen LogP contribution in [0.25, 0.3) is 0 Å². The van der Waals surface area contributed by atoms with Crippen LogP contribution in [0.3, 0.4) is 0 Å². The maximum Gasteiger partial charge on any atom is 0.268 e. The Hall–Kier alpha value is -0.590. The van der Waals surface area contributed by atoms with E-state index in [0.29, 0.717) is 11.7 Å². The van der Waals surface area contributed by atoms with E-state index in [-0.39, 0.29) is 15.0 Å². The van der Waals surface area contributed by atoms with E-state index in [2.05, 4.69) is 9.97 Å². The number of aromatic nitrogens is 2. The van der Waals surface area contributed by atoms with E-state index in [0.717, 1.165) is 12.8 Å². The van der Waals surface area contributed by atoms with E-state index >= 15 is 0 Å².